The van der Waals surface area contributed by atoms with Crippen molar-refractivity contribution in [3.05, 3.63) is 35.9 Å². The average molecular weight is 293 g/mol. The number of carbonyl (C=O) groups is 1. The molecule has 1 aliphatic heterocycles. The molecule has 21 heavy (non-hydrogen) atoms. The van der Waals surface area contributed by atoms with E-state index >= 15 is 0 Å². The first-order valence-electron chi connectivity index (χ1n) is 6.70. The fourth-order valence-corrected chi connectivity index (χ4v) is 2.41. The van der Waals surface area contributed by atoms with Crippen LogP contribution in [0.3, 0.4) is 0 Å². The van der Waals surface area contributed by atoms with E-state index in [0.29, 0.717) is 18.7 Å². The first kappa shape index (κ1) is 15.3. The lowest BCUT2D eigenvalue weighted by atomic mass is 9.95. The zero-order chi connectivity index (χ0) is 15.2. The molecule has 0 bridgehead atoms. The molecule has 0 spiro atoms. The normalized spacial score (nSPS) is 21.1. The Kier molecular flexibility index (Phi) is 5.13. The van der Waals surface area contributed by atoms with Gasteiger partial charge in [0.2, 0.25) is 5.91 Å². The van der Waals surface area contributed by atoms with Crippen LogP contribution in [0.15, 0.2) is 35.5 Å². The Morgan fingerprint density at radius 2 is 2.19 bits per heavy atom. The summed E-state index contributed by atoms with van der Waals surface area (Å²) >= 11 is 0. The minimum Gasteiger partial charge on any atom is -0.409 e. The highest BCUT2D eigenvalue weighted by atomic mass is 16.5. The quantitative estimate of drug-likeness (QED) is 0.307. The predicted octanol–water partition coefficient (Wildman–Crippen LogP) is -0.264. The molecular weight excluding hydrogens is 274 g/mol. The number of nitrogens with zero attached hydrogens (tertiary/aromatic N) is 2. The van der Waals surface area contributed by atoms with Crippen LogP contribution >= 0.6 is 0 Å². The molecule has 2 atom stereocenters. The topological polar surface area (TPSA) is 108 Å². The van der Waals surface area contributed by atoms with E-state index in [1.54, 1.807) is 24.3 Å². The molecule has 1 heterocycles. The summed E-state index contributed by atoms with van der Waals surface area (Å²) in [7, 11) is 0. The number of ether oxygens (including phenoxy) is 1. The van der Waals surface area contributed by atoms with Crippen molar-refractivity contribution < 1.29 is 19.8 Å². The second kappa shape index (κ2) is 7.05. The van der Waals surface area contributed by atoms with Crippen LogP contribution in [0.5, 0.6) is 0 Å². The summed E-state index contributed by atoms with van der Waals surface area (Å²) in [4.78, 5) is 14.3. The number of amidine groups is 1. The van der Waals surface area contributed by atoms with Gasteiger partial charge in [-0.05, 0) is 5.56 Å². The summed E-state index contributed by atoms with van der Waals surface area (Å²) in [6.45, 7) is 0.857. The van der Waals surface area contributed by atoms with Crippen molar-refractivity contribution in [2.24, 2.45) is 10.9 Å². The molecular formula is C14H19N3O4. The zero-order valence-electron chi connectivity index (χ0n) is 11.6. The first-order valence-corrected chi connectivity index (χ1v) is 6.70. The number of amides is 1. The number of rotatable bonds is 4. The summed E-state index contributed by atoms with van der Waals surface area (Å²) in [5.41, 5.74) is 6.34. The molecule has 1 aromatic carbocycles. The lowest BCUT2D eigenvalue weighted by Crippen LogP contribution is -2.53. The zero-order valence-corrected chi connectivity index (χ0v) is 11.6. The van der Waals surface area contributed by atoms with Crippen LogP contribution in [0, 0.1) is 0 Å². The molecule has 7 nitrogen and oxygen atoms in total. The molecule has 2 rings (SSSR count). The SMILES string of the molecule is N/C(=N/O)C(C(=O)N1CCOCC1CO)c1ccccc1. The maximum absolute atomic E-state index is 12.8. The number of carbonyl (C=O) groups excluding carboxylic acids is 1. The van der Waals surface area contributed by atoms with Crippen molar-refractivity contribution in [3.8, 4) is 0 Å². The van der Waals surface area contributed by atoms with Gasteiger partial charge >= 0.3 is 0 Å². The molecule has 0 saturated carbocycles. The van der Waals surface area contributed by atoms with Gasteiger partial charge in [-0.1, -0.05) is 35.5 Å². The molecule has 1 fully saturated rings. The number of aliphatic hydroxyl groups excluding tert-OH is 1. The first-order chi connectivity index (χ1) is 10.2. The highest BCUT2D eigenvalue weighted by Gasteiger charge is 2.34. The maximum Gasteiger partial charge on any atom is 0.238 e. The van der Waals surface area contributed by atoms with Crippen LogP contribution < -0.4 is 5.73 Å². The van der Waals surface area contributed by atoms with Crippen molar-refractivity contribution in [1.29, 1.82) is 0 Å². The number of benzene rings is 1. The van der Waals surface area contributed by atoms with Crippen molar-refractivity contribution in [2.75, 3.05) is 26.4 Å². The lowest BCUT2D eigenvalue weighted by Gasteiger charge is -2.36. The van der Waals surface area contributed by atoms with E-state index in [1.807, 2.05) is 6.07 Å². The molecule has 1 aromatic rings. The third-order valence-corrected chi connectivity index (χ3v) is 3.51. The van der Waals surface area contributed by atoms with E-state index in [0.717, 1.165) is 0 Å². The van der Waals surface area contributed by atoms with Crippen LogP contribution in [0.1, 0.15) is 11.5 Å². The van der Waals surface area contributed by atoms with Gasteiger partial charge in [-0.15, -0.1) is 0 Å². The Morgan fingerprint density at radius 3 is 2.81 bits per heavy atom. The summed E-state index contributed by atoms with van der Waals surface area (Å²) in [5.74, 6) is -1.35. The number of hydrogen-bond donors (Lipinski definition) is 3. The maximum atomic E-state index is 12.8. The second-order valence-corrected chi connectivity index (χ2v) is 4.81. The largest absolute Gasteiger partial charge is 0.409 e. The average Bonchev–Trinajstić information content (AvgIpc) is 2.55. The molecule has 1 saturated heterocycles. The molecule has 7 heteroatoms. The van der Waals surface area contributed by atoms with Crippen LogP contribution in [-0.2, 0) is 9.53 Å². The summed E-state index contributed by atoms with van der Waals surface area (Å²) in [5, 5.41) is 21.3. The standard InChI is InChI=1S/C14H19N3O4/c15-13(16-20)12(10-4-2-1-3-5-10)14(19)17-6-7-21-9-11(17)8-18/h1-5,11-12,18,20H,6-9H2,(H2,15,16). The van der Waals surface area contributed by atoms with Crippen LogP contribution in [0.2, 0.25) is 0 Å². The Balaban J connectivity index is 2.30. The number of nitrogens with two attached hydrogens (primary N) is 1. The van der Waals surface area contributed by atoms with E-state index in [-0.39, 0.29) is 25.0 Å². The van der Waals surface area contributed by atoms with Crippen molar-refractivity contribution >= 4 is 11.7 Å². The van der Waals surface area contributed by atoms with Gasteiger partial charge in [0.05, 0.1) is 25.9 Å². The summed E-state index contributed by atoms with van der Waals surface area (Å²) < 4.78 is 5.26. The van der Waals surface area contributed by atoms with Gasteiger partial charge in [0.1, 0.15) is 5.92 Å². The fourth-order valence-electron chi connectivity index (χ4n) is 2.41. The molecule has 0 aromatic heterocycles. The highest BCUT2D eigenvalue weighted by molar-refractivity contribution is 6.07. The highest BCUT2D eigenvalue weighted by Crippen LogP contribution is 2.21. The van der Waals surface area contributed by atoms with Gasteiger partial charge in [0, 0.05) is 6.54 Å². The molecule has 1 amide bonds. The van der Waals surface area contributed by atoms with Crippen LogP contribution in [0.25, 0.3) is 0 Å². The molecule has 2 unspecified atom stereocenters. The van der Waals surface area contributed by atoms with Crippen LogP contribution in [-0.4, -0.2) is 59.4 Å². The number of oxime groups is 1. The van der Waals surface area contributed by atoms with Gasteiger partial charge in [0.25, 0.3) is 0 Å². The van der Waals surface area contributed by atoms with Gasteiger partial charge in [0.15, 0.2) is 5.84 Å². The Labute approximate surface area is 122 Å². The number of hydrogen-bond acceptors (Lipinski definition) is 5. The predicted molar refractivity (Wildman–Crippen MR) is 76.0 cm³/mol. The third-order valence-electron chi connectivity index (χ3n) is 3.51. The van der Waals surface area contributed by atoms with Crippen molar-refractivity contribution in [2.45, 2.75) is 12.0 Å². The van der Waals surface area contributed by atoms with E-state index < -0.39 is 12.0 Å². The Morgan fingerprint density at radius 1 is 1.48 bits per heavy atom. The molecule has 4 N–H and O–H groups in total. The van der Waals surface area contributed by atoms with Gasteiger partial charge in [-0.25, -0.2) is 0 Å². The summed E-state index contributed by atoms with van der Waals surface area (Å²) in [6.07, 6.45) is 0. The molecule has 0 radical (unpaired) electrons. The van der Waals surface area contributed by atoms with E-state index in [2.05, 4.69) is 5.16 Å². The summed E-state index contributed by atoms with van der Waals surface area (Å²) in [6, 6.07) is 8.46. The number of aliphatic hydroxyl groups is 1. The van der Waals surface area contributed by atoms with E-state index in [9.17, 15) is 9.90 Å². The fraction of sp³-hybridized carbons (Fsp3) is 0.429. The lowest BCUT2D eigenvalue weighted by molar-refractivity contribution is -0.141. The minimum atomic E-state index is -0.872. The van der Waals surface area contributed by atoms with Gasteiger partial charge in [-0.3, -0.25) is 4.79 Å². The van der Waals surface area contributed by atoms with Gasteiger partial charge in [-0.2, -0.15) is 0 Å². The number of morpholine rings is 1. The van der Waals surface area contributed by atoms with E-state index in [1.165, 1.54) is 4.90 Å². The second-order valence-electron chi connectivity index (χ2n) is 4.81. The van der Waals surface area contributed by atoms with Crippen LogP contribution in [0.4, 0.5) is 0 Å². The Bertz CT molecular complexity index is 506. The molecule has 0 aliphatic carbocycles. The van der Waals surface area contributed by atoms with Crippen molar-refractivity contribution in [1.82, 2.24) is 4.90 Å². The minimum absolute atomic E-state index is 0.172. The third kappa shape index (κ3) is 3.32. The smallest absolute Gasteiger partial charge is 0.238 e. The molecule has 114 valence electrons. The monoisotopic (exact) mass is 293 g/mol. The van der Waals surface area contributed by atoms with Gasteiger partial charge < -0.3 is 25.7 Å². The van der Waals surface area contributed by atoms with Crippen molar-refractivity contribution in [3.63, 3.8) is 0 Å². The molecule has 1 aliphatic rings. The Hall–Kier alpha value is -2.12. The van der Waals surface area contributed by atoms with E-state index in [4.69, 9.17) is 15.7 Å².